The average molecular weight is 500 g/mol. The molecule has 3 heterocycles. The number of carbonyl (C=O) groups is 1. The van der Waals surface area contributed by atoms with Gasteiger partial charge in [-0.3, -0.25) is 4.79 Å². The van der Waals surface area contributed by atoms with Crippen LogP contribution >= 0.6 is 34.3 Å². The second-order valence-electron chi connectivity index (χ2n) is 7.15. The van der Waals surface area contributed by atoms with E-state index in [2.05, 4.69) is 4.99 Å². The number of carbonyl (C=O) groups excluding carboxylic acids is 1. The van der Waals surface area contributed by atoms with Crippen LogP contribution in [0.2, 0.25) is 4.34 Å². The first kappa shape index (κ1) is 22.5. The van der Waals surface area contributed by atoms with Gasteiger partial charge < -0.3 is 9.30 Å². The molecule has 1 atom stereocenters. The van der Waals surface area contributed by atoms with Gasteiger partial charge in [-0.25, -0.2) is 8.42 Å². The number of sulfonamides is 1. The molecule has 0 N–H and O–H groups in total. The summed E-state index contributed by atoms with van der Waals surface area (Å²) in [5, 5.41) is 0. The fourth-order valence-electron chi connectivity index (χ4n) is 3.75. The Hall–Kier alpha value is -1.72. The van der Waals surface area contributed by atoms with E-state index in [1.807, 2.05) is 29.7 Å². The Kier molecular flexibility index (Phi) is 6.55. The van der Waals surface area contributed by atoms with Crippen LogP contribution in [-0.4, -0.2) is 43.4 Å². The number of hydrogen-bond donors (Lipinski definition) is 0. The number of benzene rings is 1. The fraction of sp³-hybridized carbons (Fsp3) is 0.400. The van der Waals surface area contributed by atoms with Crippen molar-refractivity contribution in [2.45, 2.75) is 30.5 Å². The van der Waals surface area contributed by atoms with E-state index in [4.69, 9.17) is 16.3 Å². The summed E-state index contributed by atoms with van der Waals surface area (Å²) in [6, 6.07) is 8.84. The topological polar surface area (TPSA) is 81.0 Å². The number of fused-ring (bicyclic) bond motifs is 1. The molecule has 166 valence electrons. The summed E-state index contributed by atoms with van der Waals surface area (Å²) in [7, 11) is -2.05. The number of rotatable bonds is 5. The predicted molar refractivity (Wildman–Crippen MR) is 123 cm³/mol. The standard InChI is InChI=1S/C20H22ClN3O4S3/c1-3-24-18-14(28-2)7-4-8-15(18)29-20(24)22-19(25)13-6-5-11-23(12-13)31(26,27)17-10-9-16(21)30-17/h4,7-10,13H,3,5-6,11-12H2,1-2H3. The number of hydrogen-bond acceptors (Lipinski definition) is 6. The van der Waals surface area contributed by atoms with Gasteiger partial charge >= 0.3 is 0 Å². The molecule has 31 heavy (non-hydrogen) atoms. The zero-order valence-electron chi connectivity index (χ0n) is 17.1. The molecule has 1 aromatic carbocycles. The molecule has 11 heteroatoms. The highest BCUT2D eigenvalue weighted by Gasteiger charge is 2.34. The zero-order valence-corrected chi connectivity index (χ0v) is 20.3. The summed E-state index contributed by atoms with van der Waals surface area (Å²) in [6.45, 7) is 3.14. The van der Waals surface area contributed by atoms with Crippen molar-refractivity contribution in [1.82, 2.24) is 8.87 Å². The highest BCUT2D eigenvalue weighted by Crippen LogP contribution is 2.31. The molecule has 1 unspecified atom stereocenters. The molecule has 1 fully saturated rings. The molecule has 0 bridgehead atoms. The van der Waals surface area contributed by atoms with Gasteiger partial charge in [0, 0.05) is 19.6 Å². The van der Waals surface area contributed by atoms with Crippen LogP contribution in [0.15, 0.2) is 39.5 Å². The van der Waals surface area contributed by atoms with E-state index in [1.165, 1.54) is 21.7 Å². The molecule has 1 aliphatic heterocycles. The minimum atomic E-state index is -3.67. The summed E-state index contributed by atoms with van der Waals surface area (Å²) in [5.41, 5.74) is 0.909. The van der Waals surface area contributed by atoms with Gasteiger partial charge in [0.1, 0.15) is 15.5 Å². The van der Waals surface area contributed by atoms with Crippen LogP contribution in [0.4, 0.5) is 0 Å². The highest BCUT2D eigenvalue weighted by molar-refractivity contribution is 7.91. The minimum Gasteiger partial charge on any atom is -0.495 e. The molecular formula is C20H22ClN3O4S3. The molecular weight excluding hydrogens is 478 g/mol. The van der Waals surface area contributed by atoms with Crippen molar-refractivity contribution in [3.63, 3.8) is 0 Å². The Bertz CT molecular complexity index is 1290. The number of aryl methyl sites for hydroxylation is 1. The summed E-state index contributed by atoms with van der Waals surface area (Å²) in [6.07, 6.45) is 1.22. The van der Waals surface area contributed by atoms with E-state index in [1.54, 1.807) is 13.2 Å². The van der Waals surface area contributed by atoms with E-state index in [0.29, 0.717) is 35.1 Å². The van der Waals surface area contributed by atoms with E-state index in [-0.39, 0.29) is 16.7 Å². The number of para-hydroxylation sites is 1. The largest absolute Gasteiger partial charge is 0.495 e. The van der Waals surface area contributed by atoms with Gasteiger partial charge in [-0.1, -0.05) is 29.0 Å². The Morgan fingerprint density at radius 1 is 1.29 bits per heavy atom. The lowest BCUT2D eigenvalue weighted by Crippen LogP contribution is -2.42. The number of thiophene rings is 1. The molecule has 0 spiro atoms. The van der Waals surface area contributed by atoms with Gasteiger partial charge in [-0.15, -0.1) is 11.3 Å². The number of amides is 1. The molecule has 1 saturated heterocycles. The molecule has 2 aromatic heterocycles. The fourth-order valence-corrected chi connectivity index (χ4v) is 8.03. The van der Waals surface area contributed by atoms with Crippen molar-refractivity contribution in [1.29, 1.82) is 0 Å². The molecule has 0 aliphatic carbocycles. The number of methoxy groups -OCH3 is 1. The summed E-state index contributed by atoms with van der Waals surface area (Å²) in [4.78, 5) is 18.0. The van der Waals surface area contributed by atoms with Crippen molar-refractivity contribution in [3.05, 3.63) is 39.5 Å². The first-order valence-electron chi connectivity index (χ1n) is 9.85. The third kappa shape index (κ3) is 4.31. The normalized spacial score (nSPS) is 18.5. The van der Waals surface area contributed by atoms with Gasteiger partial charge in [-0.2, -0.15) is 9.30 Å². The van der Waals surface area contributed by atoms with Crippen LogP contribution in [0, 0.1) is 5.92 Å². The maximum Gasteiger partial charge on any atom is 0.252 e. The van der Waals surface area contributed by atoms with Crippen molar-refractivity contribution in [2.24, 2.45) is 10.9 Å². The van der Waals surface area contributed by atoms with Gasteiger partial charge in [0.05, 0.1) is 22.1 Å². The maximum absolute atomic E-state index is 13.0. The molecule has 0 saturated carbocycles. The van der Waals surface area contributed by atoms with Gasteiger partial charge in [0.15, 0.2) is 4.80 Å². The number of nitrogens with zero attached hydrogens (tertiary/aromatic N) is 3. The summed E-state index contributed by atoms with van der Waals surface area (Å²) in [5.74, 6) is -0.0396. The van der Waals surface area contributed by atoms with Crippen LogP contribution in [0.5, 0.6) is 5.75 Å². The highest BCUT2D eigenvalue weighted by atomic mass is 35.5. The predicted octanol–water partition coefficient (Wildman–Crippen LogP) is 3.97. The van der Waals surface area contributed by atoms with Crippen LogP contribution in [0.3, 0.4) is 0 Å². The van der Waals surface area contributed by atoms with Crippen LogP contribution in [0.25, 0.3) is 10.2 Å². The maximum atomic E-state index is 13.0. The molecule has 4 rings (SSSR count). The second-order valence-corrected chi connectivity index (χ2v) is 12.0. The number of halogens is 1. The number of piperidine rings is 1. The van der Waals surface area contributed by atoms with E-state index in [0.717, 1.165) is 27.3 Å². The van der Waals surface area contributed by atoms with E-state index >= 15 is 0 Å². The van der Waals surface area contributed by atoms with Gasteiger partial charge in [0.25, 0.3) is 15.9 Å². The second kappa shape index (κ2) is 9.03. The van der Waals surface area contributed by atoms with Gasteiger partial charge in [0.2, 0.25) is 0 Å². The van der Waals surface area contributed by atoms with E-state index < -0.39 is 15.9 Å². The Balaban J connectivity index is 1.64. The summed E-state index contributed by atoms with van der Waals surface area (Å²) >= 11 is 8.37. The number of ether oxygens (including phenoxy) is 1. The van der Waals surface area contributed by atoms with Crippen LogP contribution in [-0.2, 0) is 21.4 Å². The van der Waals surface area contributed by atoms with Crippen molar-refractivity contribution >= 4 is 60.4 Å². The minimum absolute atomic E-state index is 0.126. The lowest BCUT2D eigenvalue weighted by Gasteiger charge is -2.29. The smallest absolute Gasteiger partial charge is 0.252 e. The molecule has 1 amide bonds. The quantitative estimate of drug-likeness (QED) is 0.532. The first-order chi connectivity index (χ1) is 14.8. The summed E-state index contributed by atoms with van der Waals surface area (Å²) < 4.78 is 36.3. The van der Waals surface area contributed by atoms with Gasteiger partial charge in [-0.05, 0) is 44.0 Å². The van der Waals surface area contributed by atoms with Crippen LogP contribution < -0.4 is 9.54 Å². The van der Waals surface area contributed by atoms with Crippen molar-refractivity contribution in [2.75, 3.05) is 20.2 Å². The molecule has 0 radical (unpaired) electrons. The van der Waals surface area contributed by atoms with E-state index in [9.17, 15) is 13.2 Å². The van der Waals surface area contributed by atoms with Crippen molar-refractivity contribution in [3.8, 4) is 5.75 Å². The number of thiazole rings is 1. The van der Waals surface area contributed by atoms with Crippen LogP contribution in [0.1, 0.15) is 19.8 Å². The average Bonchev–Trinajstić information content (AvgIpc) is 3.37. The number of aromatic nitrogens is 1. The molecule has 7 nitrogen and oxygen atoms in total. The third-order valence-corrected chi connectivity index (χ3v) is 9.89. The van der Waals surface area contributed by atoms with Crippen molar-refractivity contribution < 1.29 is 17.9 Å². The molecule has 3 aromatic rings. The Morgan fingerprint density at radius 2 is 2.10 bits per heavy atom. The first-order valence-corrected chi connectivity index (χ1v) is 13.3. The lowest BCUT2D eigenvalue weighted by molar-refractivity contribution is -0.122. The Labute approximate surface area is 193 Å². The SMILES string of the molecule is CCn1c(=NC(=O)C2CCCN(S(=O)(=O)c3ccc(Cl)s3)C2)sc2cccc(OC)c21. The molecule has 1 aliphatic rings. The lowest BCUT2D eigenvalue weighted by atomic mass is 9.99. The third-order valence-electron chi connectivity index (χ3n) is 5.28. The zero-order chi connectivity index (χ0) is 22.2. The Morgan fingerprint density at radius 3 is 2.77 bits per heavy atom. The monoisotopic (exact) mass is 499 g/mol.